The third-order valence-electron chi connectivity index (χ3n) is 4.53. The minimum Gasteiger partial charge on any atom is -0.261 e. The molecule has 0 unspecified atom stereocenters. The minimum atomic E-state index is 0.476. The summed E-state index contributed by atoms with van der Waals surface area (Å²) in [4.78, 5) is 4.39. The Kier molecular flexibility index (Phi) is 3.14. The van der Waals surface area contributed by atoms with E-state index in [-0.39, 0.29) is 0 Å². The van der Waals surface area contributed by atoms with Crippen LogP contribution in [0, 0.1) is 5.92 Å². The Morgan fingerprint density at radius 2 is 1.79 bits per heavy atom. The van der Waals surface area contributed by atoms with Crippen molar-refractivity contribution in [2.45, 2.75) is 38.5 Å². The normalized spacial score (nSPS) is 16.6. The van der Waals surface area contributed by atoms with E-state index in [0.29, 0.717) is 5.41 Å². The van der Waals surface area contributed by atoms with E-state index in [1.54, 1.807) is 0 Å². The molecule has 0 bridgehead atoms. The predicted octanol–water partition coefficient (Wildman–Crippen LogP) is 4.36. The Morgan fingerprint density at radius 1 is 1.05 bits per heavy atom. The van der Waals surface area contributed by atoms with Crippen LogP contribution in [0.4, 0.5) is 0 Å². The van der Waals surface area contributed by atoms with Crippen molar-refractivity contribution in [1.29, 1.82) is 0 Å². The van der Waals surface area contributed by atoms with E-state index in [4.69, 9.17) is 0 Å². The largest absolute Gasteiger partial charge is 0.261 e. The molecule has 0 amide bonds. The maximum Gasteiger partial charge on any atom is 0.0447 e. The Balaban J connectivity index is 1.77. The fourth-order valence-corrected chi connectivity index (χ4v) is 3.00. The van der Waals surface area contributed by atoms with Gasteiger partial charge in [0.1, 0.15) is 0 Å². The molecule has 3 rings (SSSR count). The first-order valence-electron chi connectivity index (χ1n) is 7.20. The van der Waals surface area contributed by atoms with Crippen LogP contribution in [0.15, 0.2) is 48.7 Å². The van der Waals surface area contributed by atoms with Crippen LogP contribution in [0.3, 0.4) is 0 Å². The molecular weight excluding hydrogens is 230 g/mol. The molecule has 0 radical (unpaired) electrons. The molecular formula is C18H21N. The molecule has 1 fully saturated rings. The highest BCUT2D eigenvalue weighted by molar-refractivity contribution is 5.35. The van der Waals surface area contributed by atoms with Crippen LogP contribution in [0.25, 0.3) is 0 Å². The van der Waals surface area contributed by atoms with Crippen LogP contribution in [0.2, 0.25) is 0 Å². The highest BCUT2D eigenvalue weighted by Crippen LogP contribution is 2.53. The Morgan fingerprint density at radius 3 is 2.32 bits per heavy atom. The lowest BCUT2D eigenvalue weighted by molar-refractivity contribution is 0.481. The Labute approximate surface area is 115 Å². The summed E-state index contributed by atoms with van der Waals surface area (Å²) >= 11 is 0. The second-order valence-corrected chi connectivity index (χ2v) is 6.01. The van der Waals surface area contributed by atoms with Gasteiger partial charge in [-0.15, -0.1) is 0 Å². The molecule has 1 heteroatoms. The fourth-order valence-electron chi connectivity index (χ4n) is 3.00. The van der Waals surface area contributed by atoms with Gasteiger partial charge in [-0.3, -0.25) is 4.98 Å². The van der Waals surface area contributed by atoms with Crippen molar-refractivity contribution in [2.24, 2.45) is 5.92 Å². The monoisotopic (exact) mass is 251 g/mol. The average molecular weight is 251 g/mol. The zero-order chi connectivity index (χ0) is 13.3. The van der Waals surface area contributed by atoms with Gasteiger partial charge in [0.2, 0.25) is 0 Å². The zero-order valence-corrected chi connectivity index (χ0v) is 11.8. The van der Waals surface area contributed by atoms with Gasteiger partial charge in [-0.05, 0) is 47.4 Å². The fraction of sp³-hybridized carbons (Fsp3) is 0.389. The third kappa shape index (κ3) is 2.42. The van der Waals surface area contributed by atoms with Gasteiger partial charge in [0, 0.05) is 18.3 Å². The maximum atomic E-state index is 4.39. The van der Waals surface area contributed by atoms with Crippen molar-refractivity contribution >= 4 is 0 Å². The van der Waals surface area contributed by atoms with Crippen molar-refractivity contribution in [3.63, 3.8) is 0 Å². The van der Waals surface area contributed by atoms with Gasteiger partial charge >= 0.3 is 0 Å². The van der Waals surface area contributed by atoms with E-state index in [9.17, 15) is 0 Å². The standard InChI is InChI=1S/C18H21N/c1-14(2)18(10-11-18)16-8-6-15(7-9-16)13-17-5-3-4-12-19-17/h3-9,12,14H,10-11,13H2,1-2H3. The van der Waals surface area contributed by atoms with Crippen molar-refractivity contribution in [1.82, 2.24) is 4.98 Å². The van der Waals surface area contributed by atoms with Gasteiger partial charge in [-0.1, -0.05) is 44.2 Å². The van der Waals surface area contributed by atoms with E-state index < -0.39 is 0 Å². The quantitative estimate of drug-likeness (QED) is 0.786. The lowest BCUT2D eigenvalue weighted by atomic mass is 9.84. The van der Waals surface area contributed by atoms with Crippen molar-refractivity contribution in [3.05, 3.63) is 65.5 Å². The van der Waals surface area contributed by atoms with Crippen LogP contribution < -0.4 is 0 Å². The molecule has 0 saturated heterocycles. The van der Waals surface area contributed by atoms with Gasteiger partial charge in [0.05, 0.1) is 0 Å². The summed E-state index contributed by atoms with van der Waals surface area (Å²) in [6.45, 7) is 4.68. The van der Waals surface area contributed by atoms with Crippen LogP contribution in [0.5, 0.6) is 0 Å². The second kappa shape index (κ2) is 4.80. The van der Waals surface area contributed by atoms with Crippen LogP contribution in [-0.4, -0.2) is 4.98 Å². The van der Waals surface area contributed by atoms with Crippen LogP contribution in [0.1, 0.15) is 43.5 Å². The molecule has 1 aromatic carbocycles. The SMILES string of the molecule is CC(C)C1(c2ccc(Cc3ccccn3)cc2)CC1. The average Bonchev–Trinajstić information content (AvgIpc) is 3.22. The second-order valence-electron chi connectivity index (χ2n) is 6.01. The number of hydrogen-bond donors (Lipinski definition) is 0. The van der Waals surface area contributed by atoms with Crippen molar-refractivity contribution in [3.8, 4) is 0 Å². The summed E-state index contributed by atoms with van der Waals surface area (Å²) in [5, 5.41) is 0. The van der Waals surface area contributed by atoms with Crippen molar-refractivity contribution in [2.75, 3.05) is 0 Å². The topological polar surface area (TPSA) is 12.9 Å². The summed E-state index contributed by atoms with van der Waals surface area (Å²) in [6, 6.07) is 15.3. The van der Waals surface area contributed by atoms with Gasteiger partial charge in [0.15, 0.2) is 0 Å². The number of pyridine rings is 1. The van der Waals surface area contributed by atoms with Gasteiger partial charge in [-0.25, -0.2) is 0 Å². The summed E-state index contributed by atoms with van der Waals surface area (Å²) < 4.78 is 0. The third-order valence-corrected chi connectivity index (χ3v) is 4.53. The number of aromatic nitrogens is 1. The van der Waals surface area contributed by atoms with Gasteiger partial charge in [-0.2, -0.15) is 0 Å². The predicted molar refractivity (Wildman–Crippen MR) is 79.2 cm³/mol. The van der Waals surface area contributed by atoms with E-state index in [1.807, 2.05) is 12.3 Å². The lowest BCUT2D eigenvalue weighted by Crippen LogP contribution is -2.14. The summed E-state index contributed by atoms with van der Waals surface area (Å²) in [7, 11) is 0. The number of hydrogen-bond acceptors (Lipinski definition) is 1. The van der Waals surface area contributed by atoms with Crippen molar-refractivity contribution < 1.29 is 0 Å². The number of benzene rings is 1. The van der Waals surface area contributed by atoms with E-state index in [2.05, 4.69) is 55.2 Å². The molecule has 1 saturated carbocycles. The van der Waals surface area contributed by atoms with Gasteiger partial charge in [0.25, 0.3) is 0 Å². The first-order chi connectivity index (χ1) is 9.21. The van der Waals surface area contributed by atoms with Gasteiger partial charge < -0.3 is 0 Å². The molecule has 19 heavy (non-hydrogen) atoms. The molecule has 1 aliphatic carbocycles. The number of nitrogens with zero attached hydrogens (tertiary/aromatic N) is 1. The molecule has 98 valence electrons. The molecule has 1 nitrogen and oxygen atoms in total. The Bertz CT molecular complexity index is 536. The highest BCUT2D eigenvalue weighted by atomic mass is 14.7. The molecule has 0 spiro atoms. The smallest absolute Gasteiger partial charge is 0.0447 e. The van der Waals surface area contributed by atoms with E-state index >= 15 is 0 Å². The zero-order valence-electron chi connectivity index (χ0n) is 11.8. The summed E-state index contributed by atoms with van der Waals surface area (Å²) in [5.74, 6) is 0.745. The molecule has 0 atom stereocenters. The summed E-state index contributed by atoms with van der Waals surface area (Å²) in [6.07, 6.45) is 5.49. The Hall–Kier alpha value is -1.63. The van der Waals surface area contributed by atoms with E-state index in [0.717, 1.165) is 18.0 Å². The lowest BCUT2D eigenvalue weighted by Gasteiger charge is -2.20. The van der Waals surface area contributed by atoms with Crippen LogP contribution in [-0.2, 0) is 11.8 Å². The van der Waals surface area contributed by atoms with E-state index in [1.165, 1.54) is 24.0 Å². The molecule has 2 aromatic rings. The first-order valence-corrected chi connectivity index (χ1v) is 7.20. The molecule has 1 aliphatic rings. The molecule has 0 aliphatic heterocycles. The highest BCUT2D eigenvalue weighted by Gasteiger charge is 2.46. The maximum absolute atomic E-state index is 4.39. The first kappa shape index (κ1) is 12.4. The molecule has 1 aromatic heterocycles. The molecule has 1 heterocycles. The minimum absolute atomic E-state index is 0.476. The summed E-state index contributed by atoms with van der Waals surface area (Å²) in [5.41, 5.74) is 4.48. The van der Waals surface area contributed by atoms with Crippen LogP contribution >= 0.6 is 0 Å². The number of rotatable bonds is 4. The molecule has 0 N–H and O–H groups in total.